The fourth-order valence-corrected chi connectivity index (χ4v) is 3.11. The van der Waals surface area contributed by atoms with E-state index in [2.05, 4.69) is 61.2 Å². The molecule has 0 fully saturated rings. The van der Waals surface area contributed by atoms with E-state index in [0.717, 1.165) is 22.3 Å². The van der Waals surface area contributed by atoms with E-state index >= 15 is 0 Å². The van der Waals surface area contributed by atoms with Crippen molar-refractivity contribution in [2.24, 2.45) is 0 Å². The molecule has 4 aromatic rings. The molecule has 3 heteroatoms. The van der Waals surface area contributed by atoms with Crippen LogP contribution >= 0.6 is 0 Å². The first kappa shape index (κ1) is 17.2. The molecule has 0 amide bonds. The molecule has 0 spiro atoms. The van der Waals surface area contributed by atoms with Crippen molar-refractivity contribution in [1.82, 2.24) is 10.1 Å². The molecule has 0 bridgehead atoms. The van der Waals surface area contributed by atoms with Crippen molar-refractivity contribution in [1.29, 1.82) is 0 Å². The van der Waals surface area contributed by atoms with Gasteiger partial charge in [-0.3, -0.25) is 0 Å². The Hall–Kier alpha value is -3.20. The molecule has 3 aromatic carbocycles. The van der Waals surface area contributed by atoms with Gasteiger partial charge in [0.05, 0.1) is 0 Å². The van der Waals surface area contributed by atoms with Gasteiger partial charge in [-0.15, -0.1) is 0 Å². The minimum atomic E-state index is 0.118. The molecule has 4 rings (SSSR count). The van der Waals surface area contributed by atoms with Crippen LogP contribution in [0.25, 0.3) is 34.0 Å². The topological polar surface area (TPSA) is 38.9 Å². The molecular formula is C24H22N2O. The molecule has 0 atom stereocenters. The summed E-state index contributed by atoms with van der Waals surface area (Å²) in [7, 11) is 0. The van der Waals surface area contributed by atoms with Crippen LogP contribution < -0.4 is 0 Å². The average molecular weight is 354 g/mol. The van der Waals surface area contributed by atoms with Gasteiger partial charge in [-0.25, -0.2) is 0 Å². The zero-order valence-electron chi connectivity index (χ0n) is 15.8. The van der Waals surface area contributed by atoms with Gasteiger partial charge in [0.25, 0.3) is 5.89 Å². The highest BCUT2D eigenvalue weighted by atomic mass is 16.5. The van der Waals surface area contributed by atoms with Crippen molar-refractivity contribution in [2.75, 3.05) is 0 Å². The van der Waals surface area contributed by atoms with Crippen LogP contribution in [0.5, 0.6) is 0 Å². The molecule has 3 nitrogen and oxygen atoms in total. The number of hydrogen-bond acceptors (Lipinski definition) is 3. The molecule has 1 heterocycles. The highest BCUT2D eigenvalue weighted by Crippen LogP contribution is 2.32. The summed E-state index contributed by atoms with van der Waals surface area (Å²) in [4.78, 5) is 4.65. The molecule has 0 aliphatic heterocycles. The fraction of sp³-hybridized carbons (Fsp3) is 0.167. The summed E-state index contributed by atoms with van der Waals surface area (Å²) in [5.41, 5.74) is 5.51. The summed E-state index contributed by atoms with van der Waals surface area (Å²) in [6.07, 6.45) is 0. The molecule has 0 N–H and O–H groups in total. The molecular weight excluding hydrogens is 332 g/mol. The Kier molecular flexibility index (Phi) is 4.36. The highest BCUT2D eigenvalue weighted by Gasteiger charge is 2.16. The number of nitrogens with zero attached hydrogens (tertiary/aromatic N) is 2. The third kappa shape index (κ3) is 3.54. The molecule has 0 aliphatic rings. The monoisotopic (exact) mass is 354 g/mol. The fourth-order valence-electron chi connectivity index (χ4n) is 3.11. The van der Waals surface area contributed by atoms with Gasteiger partial charge in [0, 0.05) is 11.1 Å². The van der Waals surface area contributed by atoms with Gasteiger partial charge in [0.1, 0.15) is 0 Å². The Morgan fingerprint density at radius 3 is 1.96 bits per heavy atom. The Labute approximate surface area is 159 Å². The number of hydrogen-bond donors (Lipinski definition) is 0. The van der Waals surface area contributed by atoms with E-state index in [1.165, 1.54) is 5.56 Å². The summed E-state index contributed by atoms with van der Waals surface area (Å²) in [5, 5.41) is 4.23. The summed E-state index contributed by atoms with van der Waals surface area (Å²) >= 11 is 0. The zero-order valence-corrected chi connectivity index (χ0v) is 15.8. The van der Waals surface area contributed by atoms with Gasteiger partial charge in [0.15, 0.2) is 0 Å². The lowest BCUT2D eigenvalue weighted by Crippen LogP contribution is -2.10. The van der Waals surface area contributed by atoms with Gasteiger partial charge >= 0.3 is 0 Å². The Morgan fingerprint density at radius 2 is 1.30 bits per heavy atom. The molecule has 1 aromatic heterocycles. The average Bonchev–Trinajstić information content (AvgIpc) is 3.18. The standard InChI is InChI=1S/C24H22N2O/c1-24(2,3)19-15-13-18(14-16-19)23-25-22(26-27-23)21-12-8-7-11-20(21)17-9-5-4-6-10-17/h4-16H,1-3H3. The van der Waals surface area contributed by atoms with Crippen molar-refractivity contribution < 1.29 is 4.52 Å². The van der Waals surface area contributed by atoms with E-state index in [1.807, 2.05) is 48.5 Å². The maximum absolute atomic E-state index is 5.56. The maximum Gasteiger partial charge on any atom is 0.258 e. The second kappa shape index (κ2) is 6.84. The predicted molar refractivity (Wildman–Crippen MR) is 109 cm³/mol. The second-order valence-corrected chi connectivity index (χ2v) is 7.66. The van der Waals surface area contributed by atoms with Crippen LogP contribution in [0.3, 0.4) is 0 Å². The van der Waals surface area contributed by atoms with Gasteiger partial charge in [-0.05, 0) is 34.2 Å². The van der Waals surface area contributed by atoms with E-state index in [0.29, 0.717) is 11.7 Å². The Bertz CT molecular complexity index is 1040. The maximum atomic E-state index is 5.56. The Morgan fingerprint density at radius 1 is 0.667 bits per heavy atom. The lowest BCUT2D eigenvalue weighted by atomic mass is 9.87. The largest absolute Gasteiger partial charge is 0.334 e. The third-order valence-corrected chi connectivity index (χ3v) is 4.68. The van der Waals surface area contributed by atoms with Crippen LogP contribution in [0, 0.1) is 0 Å². The molecule has 0 unspecified atom stereocenters. The van der Waals surface area contributed by atoms with Crippen molar-refractivity contribution in [3.63, 3.8) is 0 Å². The van der Waals surface area contributed by atoms with Crippen LogP contribution in [0.15, 0.2) is 83.4 Å². The number of aromatic nitrogens is 2. The van der Waals surface area contributed by atoms with E-state index in [1.54, 1.807) is 0 Å². The molecule has 0 aliphatic carbocycles. The first-order valence-corrected chi connectivity index (χ1v) is 9.12. The normalized spacial score (nSPS) is 11.5. The van der Waals surface area contributed by atoms with Gasteiger partial charge < -0.3 is 4.52 Å². The van der Waals surface area contributed by atoms with Crippen LogP contribution in [0.1, 0.15) is 26.3 Å². The minimum Gasteiger partial charge on any atom is -0.334 e. The second-order valence-electron chi connectivity index (χ2n) is 7.66. The van der Waals surface area contributed by atoms with Gasteiger partial charge in [-0.2, -0.15) is 4.98 Å². The SMILES string of the molecule is CC(C)(C)c1ccc(-c2nc(-c3ccccc3-c3ccccc3)no2)cc1. The smallest absolute Gasteiger partial charge is 0.258 e. The molecule has 134 valence electrons. The van der Waals surface area contributed by atoms with Crippen molar-refractivity contribution in [3.8, 4) is 34.0 Å². The summed E-state index contributed by atoms with van der Waals surface area (Å²) in [6.45, 7) is 6.61. The number of rotatable bonds is 3. The predicted octanol–water partition coefficient (Wildman–Crippen LogP) is 6.37. The van der Waals surface area contributed by atoms with Crippen LogP contribution in [-0.2, 0) is 5.41 Å². The van der Waals surface area contributed by atoms with Crippen LogP contribution in [0.4, 0.5) is 0 Å². The number of benzene rings is 3. The summed E-state index contributed by atoms with van der Waals surface area (Å²) < 4.78 is 5.56. The summed E-state index contributed by atoms with van der Waals surface area (Å²) in [6, 6.07) is 26.7. The molecule has 0 saturated heterocycles. The third-order valence-electron chi connectivity index (χ3n) is 4.68. The van der Waals surface area contributed by atoms with Crippen molar-refractivity contribution >= 4 is 0 Å². The zero-order chi connectivity index (χ0) is 18.9. The lowest BCUT2D eigenvalue weighted by Gasteiger charge is -2.18. The first-order chi connectivity index (χ1) is 13.0. The van der Waals surface area contributed by atoms with Gasteiger partial charge in [0.2, 0.25) is 5.82 Å². The Balaban J connectivity index is 1.70. The van der Waals surface area contributed by atoms with E-state index in [4.69, 9.17) is 4.52 Å². The molecule has 0 radical (unpaired) electrons. The lowest BCUT2D eigenvalue weighted by molar-refractivity contribution is 0.432. The van der Waals surface area contributed by atoms with Crippen LogP contribution in [-0.4, -0.2) is 10.1 Å². The van der Waals surface area contributed by atoms with Crippen molar-refractivity contribution in [3.05, 3.63) is 84.4 Å². The molecule has 27 heavy (non-hydrogen) atoms. The van der Waals surface area contributed by atoms with E-state index in [-0.39, 0.29) is 5.41 Å². The van der Waals surface area contributed by atoms with Gasteiger partial charge in [-0.1, -0.05) is 92.7 Å². The quantitative estimate of drug-likeness (QED) is 0.429. The van der Waals surface area contributed by atoms with E-state index in [9.17, 15) is 0 Å². The highest BCUT2D eigenvalue weighted by molar-refractivity contribution is 5.80. The first-order valence-electron chi connectivity index (χ1n) is 9.12. The van der Waals surface area contributed by atoms with E-state index < -0.39 is 0 Å². The minimum absolute atomic E-state index is 0.118. The molecule has 0 saturated carbocycles. The van der Waals surface area contributed by atoms with Crippen LogP contribution in [0.2, 0.25) is 0 Å². The van der Waals surface area contributed by atoms with Crippen molar-refractivity contribution in [2.45, 2.75) is 26.2 Å². The summed E-state index contributed by atoms with van der Waals surface area (Å²) in [5.74, 6) is 1.14.